The molecule has 1 rings (SSSR count). The number of thioether (sulfide) groups is 1. The van der Waals surface area contributed by atoms with E-state index in [0.717, 1.165) is 17.9 Å². The van der Waals surface area contributed by atoms with Gasteiger partial charge in [-0.05, 0) is 58.5 Å². The van der Waals surface area contributed by atoms with Gasteiger partial charge in [0.2, 0.25) is 10.0 Å². The summed E-state index contributed by atoms with van der Waals surface area (Å²) in [6.07, 6.45) is 0.796. The highest BCUT2D eigenvalue weighted by Crippen LogP contribution is 2.23. The molecule has 0 fully saturated rings. The molecule has 0 saturated carbocycles. The van der Waals surface area contributed by atoms with E-state index in [4.69, 9.17) is 5.11 Å². The number of rotatable bonds is 8. The third kappa shape index (κ3) is 5.37. The first-order valence-electron chi connectivity index (χ1n) is 6.40. The Hall–Kier alpha value is -0.0800. The smallest absolute Gasteiger partial charge is 0.241 e. The first-order chi connectivity index (χ1) is 9.40. The molecule has 0 aromatic heterocycles. The molecule has 1 atom stereocenters. The molecular weight excluding hydrogens is 362 g/mol. The van der Waals surface area contributed by atoms with Crippen molar-refractivity contribution in [3.8, 4) is 0 Å². The maximum absolute atomic E-state index is 12.3. The second-order valence-electron chi connectivity index (χ2n) is 4.43. The number of aliphatic hydroxyl groups is 1. The van der Waals surface area contributed by atoms with E-state index in [2.05, 4.69) is 27.6 Å². The maximum Gasteiger partial charge on any atom is 0.241 e. The second kappa shape index (κ2) is 8.38. The van der Waals surface area contributed by atoms with Gasteiger partial charge in [0, 0.05) is 10.5 Å². The minimum atomic E-state index is -3.54. The fourth-order valence-corrected chi connectivity index (χ4v) is 4.86. The van der Waals surface area contributed by atoms with Gasteiger partial charge in [-0.2, -0.15) is 11.8 Å². The van der Waals surface area contributed by atoms with Gasteiger partial charge in [-0.25, -0.2) is 13.1 Å². The van der Waals surface area contributed by atoms with Gasteiger partial charge in [-0.3, -0.25) is 0 Å². The van der Waals surface area contributed by atoms with Crippen LogP contribution in [0.2, 0.25) is 0 Å². The molecule has 0 bridgehead atoms. The van der Waals surface area contributed by atoms with Gasteiger partial charge < -0.3 is 5.11 Å². The molecule has 114 valence electrons. The van der Waals surface area contributed by atoms with Crippen LogP contribution in [0.5, 0.6) is 0 Å². The normalized spacial score (nSPS) is 13.4. The molecule has 1 unspecified atom stereocenters. The van der Waals surface area contributed by atoms with Crippen LogP contribution in [0.1, 0.15) is 25.8 Å². The lowest BCUT2D eigenvalue weighted by atomic mass is 10.2. The Morgan fingerprint density at radius 2 is 2.15 bits per heavy atom. The average Bonchev–Trinajstić information content (AvgIpc) is 2.37. The first kappa shape index (κ1) is 18.0. The quantitative estimate of drug-likeness (QED) is 0.679. The van der Waals surface area contributed by atoms with Crippen LogP contribution in [0.15, 0.2) is 27.6 Å². The highest BCUT2D eigenvalue weighted by molar-refractivity contribution is 9.10. The monoisotopic (exact) mass is 381 g/mol. The van der Waals surface area contributed by atoms with Gasteiger partial charge in [-0.1, -0.05) is 13.0 Å². The largest absolute Gasteiger partial charge is 0.392 e. The van der Waals surface area contributed by atoms with Crippen molar-refractivity contribution in [2.24, 2.45) is 0 Å². The summed E-state index contributed by atoms with van der Waals surface area (Å²) >= 11 is 5.04. The predicted octanol–water partition coefficient (Wildman–Crippen LogP) is 2.75. The number of aliphatic hydroxyl groups excluding tert-OH is 1. The first-order valence-corrected chi connectivity index (χ1v) is 9.83. The van der Waals surface area contributed by atoms with Crippen molar-refractivity contribution in [2.45, 2.75) is 37.8 Å². The number of halogens is 1. The minimum Gasteiger partial charge on any atom is -0.392 e. The molecular formula is C13H20BrNO3S2. The van der Waals surface area contributed by atoms with Crippen LogP contribution >= 0.6 is 27.7 Å². The van der Waals surface area contributed by atoms with E-state index in [1.165, 1.54) is 6.07 Å². The molecule has 0 aliphatic heterocycles. The third-order valence-corrected chi connectivity index (χ3v) is 6.22. The van der Waals surface area contributed by atoms with E-state index < -0.39 is 10.0 Å². The van der Waals surface area contributed by atoms with Crippen molar-refractivity contribution >= 4 is 37.7 Å². The number of hydrogen-bond donors (Lipinski definition) is 2. The van der Waals surface area contributed by atoms with Crippen LogP contribution in [0, 0.1) is 0 Å². The average molecular weight is 382 g/mol. The summed E-state index contributed by atoms with van der Waals surface area (Å²) in [5.74, 6) is 1.97. The molecule has 4 nitrogen and oxygen atoms in total. The Bertz CT molecular complexity index is 534. The zero-order valence-electron chi connectivity index (χ0n) is 11.6. The van der Waals surface area contributed by atoms with E-state index in [-0.39, 0.29) is 17.5 Å². The van der Waals surface area contributed by atoms with Crippen molar-refractivity contribution in [3.05, 3.63) is 28.2 Å². The van der Waals surface area contributed by atoms with E-state index in [1.54, 1.807) is 23.9 Å². The summed E-state index contributed by atoms with van der Waals surface area (Å²) < 4.78 is 27.7. The zero-order valence-corrected chi connectivity index (χ0v) is 14.8. The molecule has 0 aliphatic carbocycles. The molecule has 0 radical (unpaired) electrons. The molecule has 2 N–H and O–H groups in total. The number of benzene rings is 1. The van der Waals surface area contributed by atoms with Crippen LogP contribution in [-0.2, 0) is 16.6 Å². The molecule has 20 heavy (non-hydrogen) atoms. The van der Waals surface area contributed by atoms with Gasteiger partial charge in [0.05, 0.1) is 11.5 Å². The lowest BCUT2D eigenvalue weighted by Gasteiger charge is -2.15. The van der Waals surface area contributed by atoms with Gasteiger partial charge in [0.1, 0.15) is 0 Å². The molecule has 0 saturated heterocycles. The Morgan fingerprint density at radius 3 is 2.70 bits per heavy atom. The van der Waals surface area contributed by atoms with Crippen molar-refractivity contribution in [2.75, 3.05) is 11.5 Å². The Morgan fingerprint density at radius 1 is 1.45 bits per heavy atom. The molecule has 0 spiro atoms. The van der Waals surface area contributed by atoms with Gasteiger partial charge in [0.15, 0.2) is 0 Å². The van der Waals surface area contributed by atoms with Crippen LogP contribution in [0.3, 0.4) is 0 Å². The van der Waals surface area contributed by atoms with Crippen molar-refractivity contribution in [3.63, 3.8) is 0 Å². The fourth-order valence-electron chi connectivity index (χ4n) is 1.65. The van der Waals surface area contributed by atoms with Crippen molar-refractivity contribution in [1.29, 1.82) is 0 Å². The summed E-state index contributed by atoms with van der Waals surface area (Å²) in [4.78, 5) is 0.199. The lowest BCUT2D eigenvalue weighted by Crippen LogP contribution is -2.33. The lowest BCUT2D eigenvalue weighted by molar-refractivity contribution is 0.281. The van der Waals surface area contributed by atoms with E-state index in [0.29, 0.717) is 10.0 Å². The Labute approximate surface area is 133 Å². The van der Waals surface area contributed by atoms with Crippen LogP contribution in [-0.4, -0.2) is 31.1 Å². The standard InChI is InChI=1S/C13H20BrNO3S2/c1-3-19-7-6-10(2)15-20(17,18)13-5-4-11(9-16)8-12(13)14/h4-5,8,10,15-16H,3,6-7,9H2,1-2H3. The van der Waals surface area contributed by atoms with E-state index in [1.807, 2.05) is 6.92 Å². The molecule has 0 heterocycles. The van der Waals surface area contributed by atoms with Gasteiger partial charge in [0.25, 0.3) is 0 Å². The third-order valence-electron chi connectivity index (χ3n) is 2.72. The van der Waals surface area contributed by atoms with Crippen molar-refractivity contribution < 1.29 is 13.5 Å². The summed E-state index contributed by atoms with van der Waals surface area (Å²) in [5, 5.41) is 9.03. The SMILES string of the molecule is CCSCCC(C)NS(=O)(=O)c1ccc(CO)cc1Br. The number of hydrogen-bond acceptors (Lipinski definition) is 4. The van der Waals surface area contributed by atoms with Gasteiger partial charge >= 0.3 is 0 Å². The topological polar surface area (TPSA) is 66.4 Å². The Kier molecular flexibility index (Phi) is 7.53. The molecule has 7 heteroatoms. The Balaban J connectivity index is 2.78. The van der Waals surface area contributed by atoms with Crippen LogP contribution in [0.4, 0.5) is 0 Å². The summed E-state index contributed by atoms with van der Waals surface area (Å²) in [7, 11) is -3.54. The molecule has 0 amide bonds. The van der Waals surface area contributed by atoms with E-state index >= 15 is 0 Å². The number of nitrogens with one attached hydrogen (secondary N) is 1. The second-order valence-corrected chi connectivity index (χ2v) is 8.36. The van der Waals surface area contributed by atoms with Crippen LogP contribution in [0.25, 0.3) is 0 Å². The van der Waals surface area contributed by atoms with E-state index in [9.17, 15) is 8.42 Å². The fraction of sp³-hybridized carbons (Fsp3) is 0.538. The minimum absolute atomic E-state index is 0.108. The predicted molar refractivity (Wildman–Crippen MR) is 87.5 cm³/mol. The van der Waals surface area contributed by atoms with Crippen molar-refractivity contribution in [1.82, 2.24) is 4.72 Å². The molecule has 1 aromatic rings. The maximum atomic E-state index is 12.3. The van der Waals surface area contributed by atoms with Gasteiger partial charge in [-0.15, -0.1) is 0 Å². The highest BCUT2D eigenvalue weighted by atomic mass is 79.9. The number of sulfonamides is 1. The zero-order chi connectivity index (χ0) is 15.2. The molecule has 1 aromatic carbocycles. The molecule has 0 aliphatic rings. The summed E-state index contributed by atoms with van der Waals surface area (Å²) in [6.45, 7) is 3.83. The summed E-state index contributed by atoms with van der Waals surface area (Å²) in [5.41, 5.74) is 0.670. The van der Waals surface area contributed by atoms with Crippen LogP contribution < -0.4 is 4.72 Å². The highest BCUT2D eigenvalue weighted by Gasteiger charge is 2.20. The summed E-state index contributed by atoms with van der Waals surface area (Å²) in [6, 6.07) is 4.62.